The second-order valence-electron chi connectivity index (χ2n) is 5.32. The first-order valence-corrected chi connectivity index (χ1v) is 7.67. The molecule has 7 nitrogen and oxygen atoms in total. The topological polar surface area (TPSA) is 101 Å². The Balaban J connectivity index is 2.31. The largest absolute Gasteiger partial charge is 0.480 e. The molecule has 2 aromatic rings. The van der Waals surface area contributed by atoms with Crippen molar-refractivity contribution in [2.45, 2.75) is 20.0 Å². The number of halogens is 1. The number of carbonyl (C=O) groups is 2. The van der Waals surface area contributed by atoms with Crippen molar-refractivity contribution in [1.82, 2.24) is 9.88 Å². The molecule has 1 heterocycles. The molecule has 0 spiro atoms. The Morgan fingerprint density at radius 3 is 2.52 bits per heavy atom. The summed E-state index contributed by atoms with van der Waals surface area (Å²) in [4.78, 5) is 39.5. The standard InChI is InChI=1S/C17H16ClN3O4/c1-10-7-13(17(25)21(9-14(22)23)15(10)19-2)16(24)20-8-11-3-5-12(18)6-4-11/h3-7H,2,8-9H2,1H3,(H,20,24)(H,22,23). The zero-order valence-corrected chi connectivity index (χ0v) is 14.2. The van der Waals surface area contributed by atoms with Crippen molar-refractivity contribution in [2.75, 3.05) is 0 Å². The maximum Gasteiger partial charge on any atom is 0.323 e. The Morgan fingerprint density at radius 2 is 1.96 bits per heavy atom. The maximum atomic E-state index is 12.5. The van der Waals surface area contributed by atoms with Gasteiger partial charge in [-0.2, -0.15) is 0 Å². The number of aliphatic imine (C=N–C) groups is 1. The van der Waals surface area contributed by atoms with E-state index in [0.29, 0.717) is 10.6 Å². The lowest BCUT2D eigenvalue weighted by Crippen LogP contribution is -2.34. The number of carboxylic acids is 1. The number of hydrogen-bond acceptors (Lipinski definition) is 4. The van der Waals surface area contributed by atoms with Crippen molar-refractivity contribution in [3.8, 4) is 0 Å². The van der Waals surface area contributed by atoms with Crippen molar-refractivity contribution >= 4 is 36.0 Å². The molecule has 1 aromatic carbocycles. The SMILES string of the molecule is C=Nc1c(C)cc(C(=O)NCc2ccc(Cl)cc2)c(=O)n1CC(=O)O. The average molecular weight is 362 g/mol. The van der Waals surface area contributed by atoms with Gasteiger partial charge in [0.25, 0.3) is 11.5 Å². The van der Waals surface area contributed by atoms with E-state index in [1.807, 2.05) is 0 Å². The van der Waals surface area contributed by atoms with Gasteiger partial charge in [-0.3, -0.25) is 19.0 Å². The first-order valence-electron chi connectivity index (χ1n) is 7.29. The lowest BCUT2D eigenvalue weighted by atomic mass is 10.1. The summed E-state index contributed by atoms with van der Waals surface area (Å²) in [5, 5.41) is 12.2. The molecule has 0 aliphatic heterocycles. The summed E-state index contributed by atoms with van der Waals surface area (Å²) in [7, 11) is 0. The van der Waals surface area contributed by atoms with Gasteiger partial charge < -0.3 is 10.4 Å². The number of nitrogens with zero attached hydrogens (tertiary/aromatic N) is 2. The fraction of sp³-hybridized carbons (Fsp3) is 0.176. The molecular weight excluding hydrogens is 346 g/mol. The van der Waals surface area contributed by atoms with Crippen LogP contribution in [0.15, 0.2) is 40.1 Å². The molecular formula is C17H16ClN3O4. The van der Waals surface area contributed by atoms with Crippen LogP contribution in [0, 0.1) is 6.92 Å². The molecule has 25 heavy (non-hydrogen) atoms. The minimum atomic E-state index is -1.22. The third kappa shape index (κ3) is 4.33. The number of hydrogen-bond donors (Lipinski definition) is 2. The van der Waals surface area contributed by atoms with Crippen LogP contribution in [0.3, 0.4) is 0 Å². The van der Waals surface area contributed by atoms with E-state index in [0.717, 1.165) is 10.1 Å². The van der Waals surface area contributed by atoms with Crippen molar-refractivity contribution in [1.29, 1.82) is 0 Å². The number of aromatic nitrogens is 1. The summed E-state index contributed by atoms with van der Waals surface area (Å²) in [6.07, 6.45) is 0. The van der Waals surface area contributed by atoms with Crippen molar-refractivity contribution in [2.24, 2.45) is 4.99 Å². The van der Waals surface area contributed by atoms with Gasteiger partial charge in [-0.05, 0) is 43.0 Å². The van der Waals surface area contributed by atoms with E-state index in [9.17, 15) is 14.4 Å². The van der Waals surface area contributed by atoms with Gasteiger partial charge >= 0.3 is 5.97 Å². The minimum absolute atomic E-state index is 0.127. The van der Waals surface area contributed by atoms with Crippen LogP contribution in [0.25, 0.3) is 0 Å². The predicted octanol–water partition coefficient (Wildman–Crippen LogP) is 2.16. The van der Waals surface area contributed by atoms with Crippen LogP contribution in [0.1, 0.15) is 21.5 Å². The number of nitrogens with one attached hydrogen (secondary N) is 1. The molecule has 0 aliphatic rings. The summed E-state index contributed by atoms with van der Waals surface area (Å²) in [5.41, 5.74) is 0.404. The fourth-order valence-corrected chi connectivity index (χ4v) is 2.46. The highest BCUT2D eigenvalue weighted by Crippen LogP contribution is 2.17. The summed E-state index contributed by atoms with van der Waals surface area (Å²) in [6.45, 7) is 4.57. The number of benzene rings is 1. The van der Waals surface area contributed by atoms with Crippen LogP contribution < -0.4 is 10.9 Å². The van der Waals surface area contributed by atoms with Crippen LogP contribution in [0.5, 0.6) is 0 Å². The van der Waals surface area contributed by atoms with Crippen molar-refractivity contribution < 1.29 is 14.7 Å². The number of pyridine rings is 1. The number of aryl methyl sites for hydroxylation is 1. The van der Waals surface area contributed by atoms with Gasteiger partial charge in [0.05, 0.1) is 0 Å². The molecule has 0 atom stereocenters. The van der Waals surface area contributed by atoms with E-state index < -0.39 is 24.0 Å². The van der Waals surface area contributed by atoms with Gasteiger partial charge in [-0.1, -0.05) is 23.7 Å². The Morgan fingerprint density at radius 1 is 1.32 bits per heavy atom. The third-order valence-corrected chi connectivity index (χ3v) is 3.75. The minimum Gasteiger partial charge on any atom is -0.480 e. The lowest BCUT2D eigenvalue weighted by molar-refractivity contribution is -0.137. The van der Waals surface area contributed by atoms with Crippen LogP contribution in [0.4, 0.5) is 5.82 Å². The molecule has 0 saturated carbocycles. The summed E-state index contributed by atoms with van der Waals surface area (Å²) in [5.74, 6) is -1.69. The first kappa shape index (κ1) is 18.4. The zero-order chi connectivity index (χ0) is 18.6. The smallest absolute Gasteiger partial charge is 0.323 e. The second-order valence-corrected chi connectivity index (χ2v) is 5.75. The lowest BCUT2D eigenvalue weighted by Gasteiger charge is -2.12. The summed E-state index contributed by atoms with van der Waals surface area (Å²) in [6, 6.07) is 8.26. The quantitative estimate of drug-likeness (QED) is 0.770. The van der Waals surface area contributed by atoms with E-state index >= 15 is 0 Å². The molecule has 0 aliphatic carbocycles. The molecule has 2 N–H and O–H groups in total. The Bertz CT molecular complexity index is 888. The highest BCUT2D eigenvalue weighted by Gasteiger charge is 2.18. The Kier molecular flexibility index (Phi) is 5.71. The normalized spacial score (nSPS) is 10.3. The van der Waals surface area contributed by atoms with Gasteiger partial charge in [0.15, 0.2) is 0 Å². The number of amides is 1. The first-order chi connectivity index (χ1) is 11.8. The van der Waals surface area contributed by atoms with Crippen molar-refractivity contribution in [3.05, 3.63) is 62.4 Å². The predicted molar refractivity (Wildman–Crippen MR) is 94.9 cm³/mol. The molecule has 1 amide bonds. The Labute approximate surface area is 148 Å². The van der Waals surface area contributed by atoms with Crippen LogP contribution in [-0.2, 0) is 17.9 Å². The van der Waals surface area contributed by atoms with E-state index in [1.54, 1.807) is 31.2 Å². The fourth-order valence-electron chi connectivity index (χ4n) is 2.33. The van der Waals surface area contributed by atoms with Gasteiger partial charge in [-0.25, -0.2) is 4.99 Å². The van der Waals surface area contributed by atoms with Crippen LogP contribution in [-0.4, -0.2) is 28.3 Å². The summed E-state index contributed by atoms with van der Waals surface area (Å²) < 4.78 is 0.919. The molecule has 0 unspecified atom stereocenters. The molecule has 0 bridgehead atoms. The molecule has 0 radical (unpaired) electrons. The third-order valence-electron chi connectivity index (χ3n) is 3.50. The van der Waals surface area contributed by atoms with Crippen LogP contribution in [0.2, 0.25) is 5.02 Å². The van der Waals surface area contributed by atoms with E-state index in [-0.39, 0.29) is 17.9 Å². The van der Waals surface area contributed by atoms with Gasteiger partial charge in [0.2, 0.25) is 0 Å². The maximum absolute atomic E-state index is 12.5. The van der Waals surface area contributed by atoms with E-state index in [1.165, 1.54) is 6.07 Å². The van der Waals surface area contributed by atoms with Gasteiger partial charge in [0.1, 0.15) is 17.9 Å². The zero-order valence-electron chi connectivity index (χ0n) is 13.5. The molecule has 2 rings (SSSR count). The monoisotopic (exact) mass is 361 g/mol. The number of carbonyl (C=O) groups excluding carboxylic acids is 1. The number of carboxylic acid groups (broad SMARTS) is 1. The molecule has 8 heteroatoms. The molecule has 1 aromatic heterocycles. The molecule has 0 saturated heterocycles. The van der Waals surface area contributed by atoms with Gasteiger partial charge in [-0.15, -0.1) is 0 Å². The Hall–Kier alpha value is -2.93. The van der Waals surface area contributed by atoms with Crippen LogP contribution >= 0.6 is 11.6 Å². The molecule has 130 valence electrons. The molecule has 0 fully saturated rings. The summed E-state index contributed by atoms with van der Waals surface area (Å²) >= 11 is 5.80. The highest BCUT2D eigenvalue weighted by molar-refractivity contribution is 6.30. The van der Waals surface area contributed by atoms with E-state index in [4.69, 9.17) is 16.7 Å². The number of rotatable bonds is 6. The highest BCUT2D eigenvalue weighted by atomic mass is 35.5. The number of aliphatic carboxylic acids is 1. The van der Waals surface area contributed by atoms with Crippen molar-refractivity contribution in [3.63, 3.8) is 0 Å². The van der Waals surface area contributed by atoms with E-state index in [2.05, 4.69) is 17.0 Å². The van der Waals surface area contributed by atoms with Gasteiger partial charge in [0, 0.05) is 11.6 Å². The average Bonchev–Trinajstić information content (AvgIpc) is 2.57. The second kappa shape index (κ2) is 7.76.